The van der Waals surface area contributed by atoms with Crippen LogP contribution in [0, 0.1) is 5.82 Å². The molecule has 1 aliphatic rings. The van der Waals surface area contributed by atoms with E-state index in [-0.39, 0.29) is 5.82 Å². The first-order valence-electron chi connectivity index (χ1n) is 5.12. The third-order valence-electron chi connectivity index (χ3n) is 2.98. The van der Waals surface area contributed by atoms with Crippen LogP contribution in [0.3, 0.4) is 0 Å². The van der Waals surface area contributed by atoms with E-state index in [2.05, 4.69) is 4.98 Å². The van der Waals surface area contributed by atoms with E-state index < -0.39 is 5.54 Å². The summed E-state index contributed by atoms with van der Waals surface area (Å²) in [5.41, 5.74) is 6.10. The highest BCUT2D eigenvalue weighted by molar-refractivity contribution is 5.18. The number of rotatable bonds is 1. The van der Waals surface area contributed by atoms with Gasteiger partial charge in [-0.2, -0.15) is 0 Å². The van der Waals surface area contributed by atoms with Gasteiger partial charge < -0.3 is 5.73 Å². The van der Waals surface area contributed by atoms with Crippen molar-refractivity contribution in [3.8, 4) is 0 Å². The van der Waals surface area contributed by atoms with Crippen LogP contribution in [0.2, 0.25) is 0 Å². The van der Waals surface area contributed by atoms with Crippen molar-refractivity contribution < 1.29 is 4.39 Å². The molecule has 1 fully saturated rings. The second-order valence-corrected chi connectivity index (χ2v) is 4.05. The molecule has 1 aliphatic carbocycles. The van der Waals surface area contributed by atoms with Crippen LogP contribution in [-0.4, -0.2) is 4.98 Å². The van der Waals surface area contributed by atoms with Crippen molar-refractivity contribution in [3.63, 3.8) is 0 Å². The van der Waals surface area contributed by atoms with Crippen molar-refractivity contribution in [2.24, 2.45) is 5.73 Å². The fourth-order valence-electron chi connectivity index (χ4n) is 2.17. The molecule has 0 bridgehead atoms. The average Bonchev–Trinajstić information content (AvgIpc) is 2.19. The summed E-state index contributed by atoms with van der Waals surface area (Å²) in [6.07, 6.45) is 6.66. The van der Waals surface area contributed by atoms with Gasteiger partial charge in [-0.1, -0.05) is 19.3 Å². The predicted octanol–water partition coefficient (Wildman–Crippen LogP) is 2.34. The molecule has 0 aliphatic heterocycles. The van der Waals surface area contributed by atoms with Gasteiger partial charge in [-0.3, -0.25) is 4.98 Å². The Morgan fingerprint density at radius 2 is 2.00 bits per heavy atom. The summed E-state index contributed by atoms with van der Waals surface area (Å²) in [6.45, 7) is 0. The molecular weight excluding hydrogens is 179 g/mol. The Bertz CT molecular complexity index is 319. The van der Waals surface area contributed by atoms with Crippen molar-refractivity contribution in [2.75, 3.05) is 0 Å². The Labute approximate surface area is 83.3 Å². The summed E-state index contributed by atoms with van der Waals surface area (Å²) < 4.78 is 13.5. The molecule has 2 rings (SSSR count). The highest BCUT2D eigenvalue weighted by atomic mass is 19.1. The zero-order valence-electron chi connectivity index (χ0n) is 8.17. The van der Waals surface area contributed by atoms with Gasteiger partial charge in [0.15, 0.2) is 0 Å². The molecular formula is C11H15FN2. The standard InChI is InChI=1S/C11H15FN2/c12-9-5-4-8-14-10(9)11(13)6-2-1-3-7-11/h4-5,8H,1-3,6-7,13H2. The van der Waals surface area contributed by atoms with E-state index >= 15 is 0 Å². The topological polar surface area (TPSA) is 38.9 Å². The lowest BCUT2D eigenvalue weighted by Gasteiger charge is -2.32. The minimum atomic E-state index is -0.524. The van der Waals surface area contributed by atoms with Crippen LogP contribution in [0.1, 0.15) is 37.8 Å². The van der Waals surface area contributed by atoms with Gasteiger partial charge in [-0.25, -0.2) is 4.39 Å². The van der Waals surface area contributed by atoms with Crippen molar-refractivity contribution in [3.05, 3.63) is 29.8 Å². The molecule has 14 heavy (non-hydrogen) atoms. The summed E-state index contributed by atoms with van der Waals surface area (Å²) in [4.78, 5) is 4.07. The lowest BCUT2D eigenvalue weighted by Crippen LogP contribution is -2.40. The molecule has 0 amide bonds. The lowest BCUT2D eigenvalue weighted by molar-refractivity contribution is 0.284. The number of nitrogens with zero attached hydrogens (tertiary/aromatic N) is 1. The first-order valence-corrected chi connectivity index (χ1v) is 5.12. The number of hydrogen-bond donors (Lipinski definition) is 1. The highest BCUT2D eigenvalue weighted by Crippen LogP contribution is 2.34. The molecule has 0 atom stereocenters. The van der Waals surface area contributed by atoms with E-state index in [9.17, 15) is 4.39 Å². The Morgan fingerprint density at radius 3 is 2.64 bits per heavy atom. The van der Waals surface area contributed by atoms with Crippen molar-refractivity contribution in [2.45, 2.75) is 37.6 Å². The Morgan fingerprint density at radius 1 is 1.29 bits per heavy atom. The normalized spacial score (nSPS) is 20.7. The van der Waals surface area contributed by atoms with E-state index in [1.807, 2.05) is 0 Å². The Hall–Kier alpha value is -0.960. The molecule has 1 aromatic rings. The molecule has 0 radical (unpaired) electrons. The molecule has 2 nitrogen and oxygen atoms in total. The van der Waals surface area contributed by atoms with E-state index in [4.69, 9.17) is 5.73 Å². The van der Waals surface area contributed by atoms with Gasteiger partial charge in [-0.15, -0.1) is 0 Å². The van der Waals surface area contributed by atoms with E-state index in [0.717, 1.165) is 25.7 Å². The summed E-state index contributed by atoms with van der Waals surface area (Å²) in [6, 6.07) is 3.04. The van der Waals surface area contributed by atoms with Crippen LogP contribution in [0.5, 0.6) is 0 Å². The number of pyridine rings is 1. The van der Waals surface area contributed by atoms with Gasteiger partial charge >= 0.3 is 0 Å². The van der Waals surface area contributed by atoms with Crippen LogP contribution in [-0.2, 0) is 5.54 Å². The monoisotopic (exact) mass is 194 g/mol. The van der Waals surface area contributed by atoms with Gasteiger partial charge in [0.25, 0.3) is 0 Å². The molecule has 1 aromatic heterocycles. The number of halogens is 1. The van der Waals surface area contributed by atoms with E-state index in [1.165, 1.54) is 12.5 Å². The van der Waals surface area contributed by atoms with Crippen molar-refractivity contribution in [1.82, 2.24) is 4.98 Å². The zero-order chi connectivity index (χ0) is 10.0. The smallest absolute Gasteiger partial charge is 0.146 e. The van der Waals surface area contributed by atoms with Crippen LogP contribution in [0.15, 0.2) is 18.3 Å². The lowest BCUT2D eigenvalue weighted by atomic mass is 9.80. The van der Waals surface area contributed by atoms with Crippen LogP contribution in [0.4, 0.5) is 4.39 Å². The third kappa shape index (κ3) is 1.64. The van der Waals surface area contributed by atoms with Gasteiger partial charge in [0, 0.05) is 6.20 Å². The molecule has 0 spiro atoms. The van der Waals surface area contributed by atoms with Crippen LogP contribution < -0.4 is 5.73 Å². The molecule has 0 saturated heterocycles. The number of hydrogen-bond acceptors (Lipinski definition) is 2. The molecule has 3 heteroatoms. The van der Waals surface area contributed by atoms with Crippen LogP contribution in [0.25, 0.3) is 0 Å². The van der Waals surface area contributed by atoms with Gasteiger partial charge in [0.05, 0.1) is 11.2 Å². The fourth-order valence-corrected chi connectivity index (χ4v) is 2.17. The van der Waals surface area contributed by atoms with Crippen LogP contribution >= 0.6 is 0 Å². The highest BCUT2D eigenvalue weighted by Gasteiger charge is 2.32. The van der Waals surface area contributed by atoms with Gasteiger partial charge in [0.2, 0.25) is 0 Å². The molecule has 1 saturated carbocycles. The van der Waals surface area contributed by atoms with Gasteiger partial charge in [0.1, 0.15) is 5.82 Å². The molecule has 0 aromatic carbocycles. The maximum atomic E-state index is 13.5. The van der Waals surface area contributed by atoms with E-state index in [0.29, 0.717) is 5.69 Å². The SMILES string of the molecule is NC1(c2ncccc2F)CCCCC1. The molecule has 0 unspecified atom stereocenters. The summed E-state index contributed by atoms with van der Waals surface area (Å²) in [5.74, 6) is -0.267. The molecule has 1 heterocycles. The number of nitrogens with two attached hydrogens (primary N) is 1. The zero-order valence-corrected chi connectivity index (χ0v) is 8.17. The fraction of sp³-hybridized carbons (Fsp3) is 0.545. The summed E-state index contributed by atoms with van der Waals surface area (Å²) in [5, 5.41) is 0. The Balaban J connectivity index is 2.32. The Kier molecular flexibility index (Phi) is 2.50. The minimum Gasteiger partial charge on any atom is -0.320 e. The predicted molar refractivity (Wildman–Crippen MR) is 53.1 cm³/mol. The van der Waals surface area contributed by atoms with E-state index in [1.54, 1.807) is 12.3 Å². The first-order chi connectivity index (χ1) is 6.72. The molecule has 76 valence electrons. The second-order valence-electron chi connectivity index (χ2n) is 4.05. The number of aromatic nitrogens is 1. The maximum Gasteiger partial charge on any atom is 0.146 e. The quantitative estimate of drug-likeness (QED) is 0.745. The summed E-state index contributed by atoms with van der Waals surface area (Å²) in [7, 11) is 0. The third-order valence-corrected chi connectivity index (χ3v) is 2.98. The summed E-state index contributed by atoms with van der Waals surface area (Å²) >= 11 is 0. The molecule has 2 N–H and O–H groups in total. The second kappa shape index (κ2) is 3.65. The van der Waals surface area contributed by atoms with Crippen molar-refractivity contribution >= 4 is 0 Å². The van der Waals surface area contributed by atoms with Gasteiger partial charge in [-0.05, 0) is 25.0 Å². The largest absolute Gasteiger partial charge is 0.320 e. The van der Waals surface area contributed by atoms with Crippen molar-refractivity contribution in [1.29, 1.82) is 0 Å². The maximum absolute atomic E-state index is 13.5. The average molecular weight is 194 g/mol. The minimum absolute atomic E-state index is 0.267. The first kappa shape index (κ1) is 9.59.